The number of amides is 2. The fourth-order valence-corrected chi connectivity index (χ4v) is 2.32. The summed E-state index contributed by atoms with van der Waals surface area (Å²) in [7, 11) is 3.04. The van der Waals surface area contributed by atoms with Crippen LogP contribution in [0.2, 0.25) is 0 Å². The lowest BCUT2D eigenvalue weighted by Crippen LogP contribution is -2.22. The number of rotatable bonds is 6. The summed E-state index contributed by atoms with van der Waals surface area (Å²) in [5.74, 6) is 0.273. The molecule has 2 aromatic carbocycles. The molecule has 0 atom stereocenters. The molecule has 0 spiro atoms. The molecule has 6 nitrogen and oxygen atoms in total. The highest BCUT2D eigenvalue weighted by Gasteiger charge is 2.14. The molecular formula is C19H22N2O4. The molecule has 2 rings (SSSR count). The van der Waals surface area contributed by atoms with Crippen molar-refractivity contribution in [1.29, 1.82) is 0 Å². The molecule has 0 unspecified atom stereocenters. The number of hydrogen-bond donors (Lipinski definition) is 2. The van der Waals surface area contributed by atoms with E-state index in [0.717, 1.165) is 11.1 Å². The van der Waals surface area contributed by atoms with E-state index in [2.05, 4.69) is 10.6 Å². The van der Waals surface area contributed by atoms with Gasteiger partial charge in [0.15, 0.2) is 0 Å². The molecule has 6 heteroatoms. The fraction of sp³-hybridized carbons (Fsp3) is 0.263. The van der Waals surface area contributed by atoms with Crippen molar-refractivity contribution in [2.24, 2.45) is 0 Å². The standard InChI is InChI=1S/C19H22N2O4/c1-12-6-5-7-15(13(12)2)20-18(22)11-19(23)21-16-9-8-14(24-3)10-17(16)25-4/h5-10H,11H2,1-4H3,(H,20,22)(H,21,23). The van der Waals surface area contributed by atoms with Crippen LogP contribution in [0.15, 0.2) is 36.4 Å². The highest BCUT2D eigenvalue weighted by molar-refractivity contribution is 6.08. The average molecular weight is 342 g/mol. The van der Waals surface area contributed by atoms with Crippen molar-refractivity contribution in [3.8, 4) is 11.5 Å². The first-order chi connectivity index (χ1) is 11.9. The van der Waals surface area contributed by atoms with Crippen molar-refractivity contribution in [1.82, 2.24) is 0 Å². The Balaban J connectivity index is 2.00. The molecule has 25 heavy (non-hydrogen) atoms. The minimum absolute atomic E-state index is 0.289. The van der Waals surface area contributed by atoms with E-state index in [0.29, 0.717) is 22.9 Å². The van der Waals surface area contributed by atoms with Crippen LogP contribution in [0, 0.1) is 13.8 Å². The Morgan fingerprint density at radius 2 is 1.60 bits per heavy atom. The maximum absolute atomic E-state index is 12.1. The third-order valence-electron chi connectivity index (χ3n) is 3.88. The smallest absolute Gasteiger partial charge is 0.233 e. The minimum Gasteiger partial charge on any atom is -0.497 e. The summed E-state index contributed by atoms with van der Waals surface area (Å²) in [6.07, 6.45) is -0.289. The Bertz CT molecular complexity index is 787. The molecule has 0 aliphatic heterocycles. The van der Waals surface area contributed by atoms with Crippen LogP contribution in [-0.4, -0.2) is 26.0 Å². The summed E-state index contributed by atoms with van der Waals surface area (Å²) in [6.45, 7) is 3.89. The SMILES string of the molecule is COc1ccc(NC(=O)CC(=O)Nc2cccc(C)c2C)c(OC)c1. The lowest BCUT2D eigenvalue weighted by atomic mass is 10.1. The van der Waals surface area contributed by atoms with Crippen molar-refractivity contribution < 1.29 is 19.1 Å². The molecule has 0 radical (unpaired) electrons. The number of methoxy groups -OCH3 is 2. The zero-order chi connectivity index (χ0) is 18.4. The first-order valence-electron chi connectivity index (χ1n) is 7.82. The van der Waals surface area contributed by atoms with E-state index in [1.807, 2.05) is 32.0 Å². The van der Waals surface area contributed by atoms with Crippen molar-refractivity contribution in [3.05, 3.63) is 47.5 Å². The predicted molar refractivity (Wildman–Crippen MR) is 97.3 cm³/mol. The number of hydrogen-bond acceptors (Lipinski definition) is 4. The zero-order valence-electron chi connectivity index (χ0n) is 14.8. The van der Waals surface area contributed by atoms with E-state index >= 15 is 0 Å². The van der Waals surface area contributed by atoms with Crippen LogP contribution in [0.25, 0.3) is 0 Å². The van der Waals surface area contributed by atoms with E-state index in [4.69, 9.17) is 9.47 Å². The second-order valence-corrected chi connectivity index (χ2v) is 5.59. The molecular weight excluding hydrogens is 320 g/mol. The highest BCUT2D eigenvalue weighted by atomic mass is 16.5. The van der Waals surface area contributed by atoms with Gasteiger partial charge in [0.05, 0.1) is 19.9 Å². The van der Waals surface area contributed by atoms with Gasteiger partial charge in [-0.3, -0.25) is 9.59 Å². The van der Waals surface area contributed by atoms with E-state index in [1.54, 1.807) is 25.3 Å². The quantitative estimate of drug-likeness (QED) is 0.790. The Hall–Kier alpha value is -3.02. The van der Waals surface area contributed by atoms with E-state index in [9.17, 15) is 9.59 Å². The van der Waals surface area contributed by atoms with Gasteiger partial charge in [-0.25, -0.2) is 0 Å². The zero-order valence-corrected chi connectivity index (χ0v) is 14.8. The number of carbonyl (C=O) groups excluding carboxylic acids is 2. The van der Waals surface area contributed by atoms with Gasteiger partial charge in [0.2, 0.25) is 11.8 Å². The van der Waals surface area contributed by atoms with Crippen LogP contribution >= 0.6 is 0 Å². The van der Waals surface area contributed by atoms with Gasteiger partial charge in [-0.05, 0) is 43.2 Å². The second kappa shape index (κ2) is 8.19. The molecule has 132 valence electrons. The summed E-state index contributed by atoms with van der Waals surface area (Å²) in [4.78, 5) is 24.2. The second-order valence-electron chi connectivity index (χ2n) is 5.59. The summed E-state index contributed by atoms with van der Waals surface area (Å²) in [5, 5.41) is 5.44. The Morgan fingerprint density at radius 3 is 2.24 bits per heavy atom. The van der Waals surface area contributed by atoms with Crippen LogP contribution < -0.4 is 20.1 Å². The van der Waals surface area contributed by atoms with Crippen molar-refractivity contribution in [2.45, 2.75) is 20.3 Å². The molecule has 0 heterocycles. The highest BCUT2D eigenvalue weighted by Crippen LogP contribution is 2.29. The number of carbonyl (C=O) groups is 2. The summed E-state index contributed by atoms with van der Waals surface area (Å²) < 4.78 is 10.3. The van der Waals surface area contributed by atoms with Gasteiger partial charge < -0.3 is 20.1 Å². The van der Waals surface area contributed by atoms with Gasteiger partial charge in [0.1, 0.15) is 17.9 Å². The van der Waals surface area contributed by atoms with Crippen molar-refractivity contribution in [2.75, 3.05) is 24.9 Å². The third-order valence-corrected chi connectivity index (χ3v) is 3.88. The van der Waals surface area contributed by atoms with Crippen LogP contribution in [0.5, 0.6) is 11.5 Å². The lowest BCUT2D eigenvalue weighted by molar-refractivity contribution is -0.123. The normalized spacial score (nSPS) is 10.1. The molecule has 0 saturated heterocycles. The first kappa shape index (κ1) is 18.3. The van der Waals surface area contributed by atoms with Crippen molar-refractivity contribution in [3.63, 3.8) is 0 Å². The van der Waals surface area contributed by atoms with E-state index in [-0.39, 0.29) is 12.3 Å². The molecule has 0 aliphatic rings. The molecule has 2 amide bonds. The van der Waals surface area contributed by atoms with Gasteiger partial charge in [0.25, 0.3) is 0 Å². The molecule has 0 aromatic heterocycles. The molecule has 0 saturated carbocycles. The number of aryl methyl sites for hydroxylation is 1. The Morgan fingerprint density at radius 1 is 0.920 bits per heavy atom. The molecule has 0 fully saturated rings. The first-order valence-corrected chi connectivity index (χ1v) is 7.82. The maximum atomic E-state index is 12.1. The van der Waals surface area contributed by atoms with Crippen LogP contribution in [0.4, 0.5) is 11.4 Å². The molecule has 0 aliphatic carbocycles. The number of nitrogens with one attached hydrogen (secondary N) is 2. The fourth-order valence-electron chi connectivity index (χ4n) is 2.32. The summed E-state index contributed by atoms with van der Waals surface area (Å²) in [6, 6.07) is 10.7. The largest absolute Gasteiger partial charge is 0.497 e. The lowest BCUT2D eigenvalue weighted by Gasteiger charge is -2.12. The summed E-state index contributed by atoms with van der Waals surface area (Å²) in [5.41, 5.74) is 3.24. The van der Waals surface area contributed by atoms with Crippen LogP contribution in [-0.2, 0) is 9.59 Å². The molecule has 2 N–H and O–H groups in total. The van der Waals surface area contributed by atoms with Gasteiger partial charge >= 0.3 is 0 Å². The number of benzene rings is 2. The van der Waals surface area contributed by atoms with Gasteiger partial charge in [-0.15, -0.1) is 0 Å². The number of anilines is 2. The minimum atomic E-state index is -0.425. The Kier molecular flexibility index (Phi) is 6.00. The van der Waals surface area contributed by atoms with Gasteiger partial charge in [-0.1, -0.05) is 12.1 Å². The monoisotopic (exact) mass is 342 g/mol. The van der Waals surface area contributed by atoms with Gasteiger partial charge in [-0.2, -0.15) is 0 Å². The summed E-state index contributed by atoms with van der Waals surface area (Å²) >= 11 is 0. The van der Waals surface area contributed by atoms with Crippen molar-refractivity contribution >= 4 is 23.2 Å². The third kappa shape index (κ3) is 4.73. The predicted octanol–water partition coefficient (Wildman–Crippen LogP) is 3.29. The van der Waals surface area contributed by atoms with Crippen LogP contribution in [0.1, 0.15) is 17.5 Å². The maximum Gasteiger partial charge on any atom is 0.233 e. The van der Waals surface area contributed by atoms with E-state index in [1.165, 1.54) is 7.11 Å². The molecule has 0 bridgehead atoms. The number of ether oxygens (including phenoxy) is 2. The Labute approximate surface area is 147 Å². The average Bonchev–Trinajstić information content (AvgIpc) is 2.59. The van der Waals surface area contributed by atoms with Gasteiger partial charge in [0, 0.05) is 11.8 Å². The van der Waals surface area contributed by atoms with Crippen LogP contribution in [0.3, 0.4) is 0 Å². The topological polar surface area (TPSA) is 76.7 Å². The van der Waals surface area contributed by atoms with E-state index < -0.39 is 5.91 Å². The molecule has 2 aromatic rings.